The standard InChI is InChI=1S/C12H21NO3.CH4O/c1-9(15)11-4-2-10(3-5-11)8-13-12(16)6-7-14;1-2/h10-11,14H,2-8H2,1H3,(H,13,16);2H,1H3. The predicted octanol–water partition coefficient (Wildman–Crippen LogP) is 0.489. The molecule has 1 saturated carbocycles. The summed E-state index contributed by atoms with van der Waals surface area (Å²) in [7, 11) is 1.00. The SMILES string of the molecule is CC(=O)C1CCC(CNC(=O)CCO)CC1.CO. The summed E-state index contributed by atoms with van der Waals surface area (Å²) in [6.45, 7) is 2.25. The third kappa shape index (κ3) is 6.71. The van der Waals surface area contributed by atoms with Gasteiger partial charge in [0, 0.05) is 26.0 Å². The summed E-state index contributed by atoms with van der Waals surface area (Å²) in [6.07, 6.45) is 4.13. The maximum Gasteiger partial charge on any atom is 0.222 e. The fraction of sp³-hybridized carbons (Fsp3) is 0.846. The van der Waals surface area contributed by atoms with Crippen molar-refractivity contribution < 1.29 is 19.8 Å². The number of amides is 1. The van der Waals surface area contributed by atoms with Crippen LogP contribution in [0.3, 0.4) is 0 Å². The Hall–Kier alpha value is -0.940. The zero-order valence-corrected chi connectivity index (χ0v) is 11.3. The van der Waals surface area contributed by atoms with E-state index in [-0.39, 0.29) is 24.9 Å². The number of aliphatic hydroxyl groups is 2. The molecule has 0 aromatic rings. The van der Waals surface area contributed by atoms with Crippen LogP contribution < -0.4 is 5.32 Å². The molecule has 0 aromatic heterocycles. The molecule has 1 fully saturated rings. The molecule has 0 heterocycles. The average Bonchev–Trinajstić information content (AvgIpc) is 2.39. The Bertz CT molecular complexity index is 247. The molecule has 3 N–H and O–H groups in total. The second-order valence-corrected chi connectivity index (χ2v) is 4.61. The van der Waals surface area contributed by atoms with Gasteiger partial charge in [-0.3, -0.25) is 9.59 Å². The third-order valence-corrected chi connectivity index (χ3v) is 3.35. The van der Waals surface area contributed by atoms with Gasteiger partial charge in [0.1, 0.15) is 5.78 Å². The van der Waals surface area contributed by atoms with Gasteiger partial charge in [0.2, 0.25) is 5.91 Å². The van der Waals surface area contributed by atoms with Crippen LogP contribution in [0.1, 0.15) is 39.0 Å². The summed E-state index contributed by atoms with van der Waals surface area (Å²) in [5, 5.41) is 18.4. The van der Waals surface area contributed by atoms with Crippen LogP contribution in [0.25, 0.3) is 0 Å². The van der Waals surface area contributed by atoms with E-state index in [1.54, 1.807) is 6.92 Å². The number of nitrogens with one attached hydrogen (secondary N) is 1. The Kier molecular flexibility index (Phi) is 9.50. The van der Waals surface area contributed by atoms with Crippen LogP contribution in [-0.2, 0) is 9.59 Å². The van der Waals surface area contributed by atoms with Crippen molar-refractivity contribution in [2.75, 3.05) is 20.3 Å². The van der Waals surface area contributed by atoms with Crippen molar-refractivity contribution in [1.82, 2.24) is 5.32 Å². The van der Waals surface area contributed by atoms with Crippen LogP contribution in [0.15, 0.2) is 0 Å². The second-order valence-electron chi connectivity index (χ2n) is 4.61. The molecular formula is C13H25NO4. The van der Waals surface area contributed by atoms with E-state index in [1.807, 2.05) is 0 Å². The molecule has 1 aliphatic rings. The van der Waals surface area contributed by atoms with Gasteiger partial charge in [-0.1, -0.05) is 0 Å². The Morgan fingerprint density at radius 2 is 1.72 bits per heavy atom. The summed E-state index contributed by atoms with van der Waals surface area (Å²) >= 11 is 0. The van der Waals surface area contributed by atoms with Gasteiger partial charge in [-0.05, 0) is 38.5 Å². The van der Waals surface area contributed by atoms with Gasteiger partial charge >= 0.3 is 0 Å². The number of Topliss-reactive ketones (excluding diaryl/α,β-unsaturated/α-hetero) is 1. The topological polar surface area (TPSA) is 86.6 Å². The summed E-state index contributed by atoms with van der Waals surface area (Å²) < 4.78 is 0. The molecule has 0 saturated heterocycles. The maximum absolute atomic E-state index is 11.2. The van der Waals surface area contributed by atoms with E-state index in [9.17, 15) is 9.59 Å². The van der Waals surface area contributed by atoms with Crippen LogP contribution >= 0.6 is 0 Å². The van der Waals surface area contributed by atoms with Gasteiger partial charge in [-0.25, -0.2) is 0 Å². The predicted molar refractivity (Wildman–Crippen MR) is 69.0 cm³/mol. The highest BCUT2D eigenvalue weighted by Crippen LogP contribution is 2.28. The van der Waals surface area contributed by atoms with Crippen molar-refractivity contribution in [3.63, 3.8) is 0 Å². The maximum atomic E-state index is 11.2. The molecule has 0 aliphatic heterocycles. The molecule has 0 bridgehead atoms. The lowest BCUT2D eigenvalue weighted by Gasteiger charge is -2.27. The largest absolute Gasteiger partial charge is 0.400 e. The van der Waals surface area contributed by atoms with E-state index in [0.29, 0.717) is 18.2 Å². The Labute approximate surface area is 109 Å². The normalized spacial score (nSPS) is 22.7. The van der Waals surface area contributed by atoms with Gasteiger partial charge in [0.25, 0.3) is 0 Å². The molecule has 0 unspecified atom stereocenters. The number of aliphatic hydroxyl groups excluding tert-OH is 2. The first-order valence-corrected chi connectivity index (χ1v) is 6.46. The van der Waals surface area contributed by atoms with Crippen LogP contribution in [0.5, 0.6) is 0 Å². The molecule has 1 amide bonds. The molecule has 5 heteroatoms. The number of hydrogen-bond donors (Lipinski definition) is 3. The van der Waals surface area contributed by atoms with Crippen molar-refractivity contribution >= 4 is 11.7 Å². The minimum Gasteiger partial charge on any atom is -0.400 e. The third-order valence-electron chi connectivity index (χ3n) is 3.35. The zero-order valence-electron chi connectivity index (χ0n) is 11.3. The van der Waals surface area contributed by atoms with Gasteiger partial charge in [0.15, 0.2) is 0 Å². The molecule has 18 heavy (non-hydrogen) atoms. The lowest BCUT2D eigenvalue weighted by Crippen LogP contribution is -2.32. The van der Waals surface area contributed by atoms with E-state index in [0.717, 1.165) is 32.8 Å². The smallest absolute Gasteiger partial charge is 0.222 e. The fourth-order valence-corrected chi connectivity index (χ4v) is 2.22. The molecule has 1 aliphatic carbocycles. The van der Waals surface area contributed by atoms with Gasteiger partial charge in [-0.15, -0.1) is 0 Å². The van der Waals surface area contributed by atoms with Crippen molar-refractivity contribution in [3.8, 4) is 0 Å². The highest BCUT2D eigenvalue weighted by atomic mass is 16.3. The van der Waals surface area contributed by atoms with Crippen LogP contribution in [0, 0.1) is 11.8 Å². The first-order valence-electron chi connectivity index (χ1n) is 6.46. The number of hydrogen-bond acceptors (Lipinski definition) is 4. The second kappa shape index (κ2) is 10.0. The number of carbonyl (C=O) groups excluding carboxylic acids is 2. The van der Waals surface area contributed by atoms with E-state index in [4.69, 9.17) is 10.2 Å². The van der Waals surface area contributed by atoms with Crippen molar-refractivity contribution in [2.45, 2.75) is 39.0 Å². The average molecular weight is 259 g/mol. The first-order chi connectivity index (χ1) is 8.63. The lowest BCUT2D eigenvalue weighted by atomic mass is 9.80. The molecule has 0 radical (unpaired) electrons. The minimum absolute atomic E-state index is 0.0869. The van der Waals surface area contributed by atoms with Crippen LogP contribution in [0.4, 0.5) is 0 Å². The molecule has 0 atom stereocenters. The van der Waals surface area contributed by atoms with Gasteiger partial charge < -0.3 is 15.5 Å². The lowest BCUT2D eigenvalue weighted by molar-refractivity contribution is -0.123. The van der Waals surface area contributed by atoms with E-state index in [2.05, 4.69) is 5.32 Å². The van der Waals surface area contributed by atoms with Gasteiger partial charge in [-0.2, -0.15) is 0 Å². The number of rotatable bonds is 5. The monoisotopic (exact) mass is 259 g/mol. The molecule has 1 rings (SSSR count). The first kappa shape index (κ1) is 17.1. The van der Waals surface area contributed by atoms with Crippen LogP contribution in [-0.4, -0.2) is 42.2 Å². The minimum atomic E-state index is -0.0943. The van der Waals surface area contributed by atoms with Crippen molar-refractivity contribution in [2.24, 2.45) is 11.8 Å². The number of carbonyl (C=O) groups is 2. The summed E-state index contributed by atoms with van der Waals surface area (Å²) in [5.74, 6) is 0.946. The summed E-state index contributed by atoms with van der Waals surface area (Å²) in [5.41, 5.74) is 0. The molecular weight excluding hydrogens is 234 g/mol. The molecule has 0 aromatic carbocycles. The number of ketones is 1. The van der Waals surface area contributed by atoms with Gasteiger partial charge in [0.05, 0.1) is 6.61 Å². The molecule has 5 nitrogen and oxygen atoms in total. The summed E-state index contributed by atoms with van der Waals surface area (Å²) in [6, 6.07) is 0. The fourth-order valence-electron chi connectivity index (χ4n) is 2.22. The van der Waals surface area contributed by atoms with Crippen LogP contribution in [0.2, 0.25) is 0 Å². The van der Waals surface area contributed by atoms with E-state index >= 15 is 0 Å². The Morgan fingerprint density at radius 3 is 2.17 bits per heavy atom. The molecule has 106 valence electrons. The Morgan fingerprint density at radius 1 is 1.17 bits per heavy atom. The Balaban J connectivity index is 0.00000137. The molecule has 0 spiro atoms. The van der Waals surface area contributed by atoms with E-state index < -0.39 is 0 Å². The van der Waals surface area contributed by atoms with E-state index in [1.165, 1.54) is 0 Å². The zero-order chi connectivity index (χ0) is 14.0. The highest BCUT2D eigenvalue weighted by Gasteiger charge is 2.23. The summed E-state index contributed by atoms with van der Waals surface area (Å²) in [4.78, 5) is 22.3. The highest BCUT2D eigenvalue weighted by molar-refractivity contribution is 5.78. The van der Waals surface area contributed by atoms with Crippen molar-refractivity contribution in [3.05, 3.63) is 0 Å². The van der Waals surface area contributed by atoms with Crippen molar-refractivity contribution in [1.29, 1.82) is 0 Å². The quantitative estimate of drug-likeness (QED) is 0.670.